The number of hydrogen-bond acceptors (Lipinski definition) is 3. The van der Waals surface area contributed by atoms with Crippen molar-refractivity contribution in [3.05, 3.63) is 94.8 Å². The fourth-order valence-electron chi connectivity index (χ4n) is 5.42. The van der Waals surface area contributed by atoms with Gasteiger partial charge in [0.25, 0.3) is 0 Å². The number of nitrogens with zero attached hydrogens (tertiary/aromatic N) is 3. The number of aromatic nitrogens is 1. The average Bonchev–Trinajstić information content (AvgIpc) is 3.14. The van der Waals surface area contributed by atoms with Gasteiger partial charge in [-0.25, -0.2) is 0 Å². The lowest BCUT2D eigenvalue weighted by molar-refractivity contribution is 0.566. The van der Waals surface area contributed by atoms with Gasteiger partial charge in [0.15, 0.2) is 5.11 Å². The number of nitrogens with one attached hydrogen (secondary N) is 1. The Labute approximate surface area is 208 Å². The van der Waals surface area contributed by atoms with Crippen LogP contribution in [0.5, 0.6) is 0 Å². The molecule has 3 heterocycles. The molecule has 0 spiro atoms. The summed E-state index contributed by atoms with van der Waals surface area (Å²) in [6.45, 7) is 11.0. The zero-order valence-corrected chi connectivity index (χ0v) is 21.6. The number of benzene rings is 2. The van der Waals surface area contributed by atoms with Crippen molar-refractivity contribution >= 4 is 34.3 Å². The molecule has 34 heavy (non-hydrogen) atoms. The number of rotatable bonds is 3. The molecule has 174 valence electrons. The number of pyridine rings is 1. The second-order valence-electron chi connectivity index (χ2n) is 10.2. The molecule has 0 bridgehead atoms. The molecular weight excluding hydrogens is 436 g/mol. The minimum absolute atomic E-state index is 0.0121. The van der Waals surface area contributed by atoms with Gasteiger partial charge in [0.1, 0.15) is 0 Å². The molecule has 2 aliphatic heterocycles. The molecule has 0 unspecified atom stereocenters. The Bertz CT molecular complexity index is 1270. The van der Waals surface area contributed by atoms with Gasteiger partial charge in [0, 0.05) is 30.2 Å². The van der Waals surface area contributed by atoms with Crippen LogP contribution in [0.3, 0.4) is 0 Å². The molecule has 0 radical (unpaired) electrons. The Morgan fingerprint density at radius 2 is 1.71 bits per heavy atom. The first-order valence-electron chi connectivity index (χ1n) is 11.8. The largest absolute Gasteiger partial charge is 0.366 e. The number of anilines is 2. The third-order valence-electron chi connectivity index (χ3n) is 7.17. The van der Waals surface area contributed by atoms with E-state index >= 15 is 0 Å². The summed E-state index contributed by atoms with van der Waals surface area (Å²) in [5, 5.41) is 4.32. The van der Waals surface area contributed by atoms with Gasteiger partial charge in [0.05, 0.1) is 23.3 Å². The van der Waals surface area contributed by atoms with Crippen molar-refractivity contribution in [1.82, 2.24) is 10.3 Å². The molecule has 2 aromatic carbocycles. The first kappa shape index (κ1) is 22.6. The number of thiocarbonyl (C=S) groups is 1. The van der Waals surface area contributed by atoms with Crippen LogP contribution < -0.4 is 15.1 Å². The minimum Gasteiger partial charge on any atom is -0.366 e. The molecule has 2 aliphatic rings. The standard InChI is InChI=1S/C29H32N4S/c1-18-13-19(2)15-22(14-18)33-27(26(31-28(33)34)24-9-7-8-12-30-24)21-10-11-25-23(16-21)20(3)17-29(4,5)32(25)6/h7-17,26-27H,1-6H3,(H,31,34)/t26-,27+/m1/s1. The maximum Gasteiger partial charge on any atom is 0.174 e. The van der Waals surface area contributed by atoms with Crippen molar-refractivity contribution in [3.63, 3.8) is 0 Å². The van der Waals surface area contributed by atoms with Gasteiger partial charge in [-0.2, -0.15) is 0 Å². The summed E-state index contributed by atoms with van der Waals surface area (Å²) < 4.78 is 0. The van der Waals surface area contributed by atoms with Crippen molar-refractivity contribution in [3.8, 4) is 0 Å². The fourth-order valence-corrected chi connectivity index (χ4v) is 5.77. The van der Waals surface area contributed by atoms with Crippen LogP contribution in [0.1, 0.15) is 60.8 Å². The van der Waals surface area contributed by atoms with Gasteiger partial charge in [0.2, 0.25) is 0 Å². The van der Waals surface area contributed by atoms with E-state index in [2.05, 4.69) is 105 Å². The highest BCUT2D eigenvalue weighted by atomic mass is 32.1. The highest BCUT2D eigenvalue weighted by Crippen LogP contribution is 2.45. The topological polar surface area (TPSA) is 31.4 Å². The second kappa shape index (κ2) is 8.24. The van der Waals surface area contributed by atoms with Gasteiger partial charge < -0.3 is 15.1 Å². The molecule has 1 N–H and O–H groups in total. The van der Waals surface area contributed by atoms with E-state index in [-0.39, 0.29) is 17.6 Å². The first-order chi connectivity index (χ1) is 16.2. The Hall–Kier alpha value is -3.18. The van der Waals surface area contributed by atoms with Crippen LogP contribution in [0.25, 0.3) is 5.57 Å². The Kier molecular flexibility index (Phi) is 5.48. The quantitative estimate of drug-likeness (QED) is 0.443. The Morgan fingerprint density at radius 1 is 0.971 bits per heavy atom. The summed E-state index contributed by atoms with van der Waals surface area (Å²) in [4.78, 5) is 9.32. The molecule has 0 aliphatic carbocycles. The SMILES string of the molecule is CC1=CC(C)(C)N(C)c2ccc([C@H]3[C@@H](c4ccccn4)NC(=S)N3c3cc(C)cc(C)c3)cc21. The van der Waals surface area contributed by atoms with Gasteiger partial charge in [-0.3, -0.25) is 4.98 Å². The maximum absolute atomic E-state index is 5.92. The molecule has 1 saturated heterocycles. The lowest BCUT2D eigenvalue weighted by atomic mass is 9.86. The van der Waals surface area contributed by atoms with Crippen LogP contribution in [-0.4, -0.2) is 22.7 Å². The molecule has 3 aromatic rings. The van der Waals surface area contributed by atoms with E-state index in [0.717, 1.165) is 16.5 Å². The van der Waals surface area contributed by atoms with Crippen molar-refractivity contribution < 1.29 is 0 Å². The third kappa shape index (κ3) is 3.78. The molecule has 0 amide bonds. The van der Waals surface area contributed by atoms with E-state index in [1.54, 1.807) is 0 Å². The van der Waals surface area contributed by atoms with Crippen LogP contribution in [-0.2, 0) is 0 Å². The van der Waals surface area contributed by atoms with Crippen LogP contribution in [0.4, 0.5) is 11.4 Å². The Morgan fingerprint density at radius 3 is 2.38 bits per heavy atom. The zero-order valence-electron chi connectivity index (χ0n) is 20.8. The molecule has 5 rings (SSSR count). The predicted octanol–water partition coefficient (Wildman–Crippen LogP) is 6.51. The number of allylic oxidation sites excluding steroid dienone is 1. The van der Waals surface area contributed by atoms with Crippen LogP contribution in [0.2, 0.25) is 0 Å². The van der Waals surface area contributed by atoms with E-state index in [9.17, 15) is 0 Å². The summed E-state index contributed by atoms with van der Waals surface area (Å²) in [6, 6.07) is 19.5. The number of fused-ring (bicyclic) bond motifs is 1. The normalized spacial score (nSPS) is 21.2. The fraction of sp³-hybridized carbons (Fsp3) is 0.310. The maximum atomic E-state index is 5.92. The number of aryl methyl sites for hydroxylation is 2. The van der Waals surface area contributed by atoms with Crippen molar-refractivity contribution in [2.45, 2.75) is 52.2 Å². The minimum atomic E-state index is -0.0467. The predicted molar refractivity (Wildman–Crippen MR) is 146 cm³/mol. The van der Waals surface area contributed by atoms with Crippen molar-refractivity contribution in [2.75, 3.05) is 16.8 Å². The van der Waals surface area contributed by atoms with E-state index in [4.69, 9.17) is 17.2 Å². The average molecular weight is 469 g/mol. The molecule has 4 nitrogen and oxygen atoms in total. The van der Waals surface area contributed by atoms with Crippen LogP contribution in [0.15, 0.2) is 66.9 Å². The smallest absolute Gasteiger partial charge is 0.174 e. The Balaban J connectivity index is 1.67. The summed E-state index contributed by atoms with van der Waals surface area (Å²) in [5.41, 5.74) is 9.61. The monoisotopic (exact) mass is 468 g/mol. The lowest BCUT2D eigenvalue weighted by Gasteiger charge is -2.41. The van der Waals surface area contributed by atoms with Gasteiger partial charge >= 0.3 is 0 Å². The highest BCUT2D eigenvalue weighted by molar-refractivity contribution is 7.80. The molecule has 2 atom stereocenters. The molecular formula is C29H32N4S. The summed E-state index contributed by atoms with van der Waals surface area (Å²) in [5.74, 6) is 0. The summed E-state index contributed by atoms with van der Waals surface area (Å²) in [7, 11) is 2.17. The zero-order chi connectivity index (χ0) is 24.2. The first-order valence-corrected chi connectivity index (χ1v) is 12.2. The van der Waals surface area contributed by atoms with E-state index in [0.29, 0.717) is 0 Å². The summed E-state index contributed by atoms with van der Waals surface area (Å²) in [6.07, 6.45) is 4.21. The van der Waals surface area contributed by atoms with E-state index in [1.165, 1.54) is 33.5 Å². The molecule has 1 fully saturated rings. The number of hydrogen-bond donors (Lipinski definition) is 1. The van der Waals surface area contributed by atoms with Gasteiger partial charge in [-0.05, 0) is 105 Å². The van der Waals surface area contributed by atoms with Crippen molar-refractivity contribution in [1.29, 1.82) is 0 Å². The van der Waals surface area contributed by atoms with Crippen LogP contribution >= 0.6 is 12.2 Å². The van der Waals surface area contributed by atoms with Gasteiger partial charge in [-0.15, -0.1) is 0 Å². The molecule has 5 heteroatoms. The van der Waals surface area contributed by atoms with Gasteiger partial charge in [-0.1, -0.05) is 24.3 Å². The second-order valence-corrected chi connectivity index (χ2v) is 10.5. The third-order valence-corrected chi connectivity index (χ3v) is 7.48. The summed E-state index contributed by atoms with van der Waals surface area (Å²) >= 11 is 5.92. The molecule has 0 saturated carbocycles. The van der Waals surface area contributed by atoms with Crippen molar-refractivity contribution in [2.24, 2.45) is 0 Å². The van der Waals surface area contributed by atoms with E-state index < -0.39 is 0 Å². The highest BCUT2D eigenvalue weighted by Gasteiger charge is 2.41. The van der Waals surface area contributed by atoms with E-state index in [1.807, 2.05) is 18.3 Å². The van der Waals surface area contributed by atoms with Crippen LogP contribution in [0, 0.1) is 13.8 Å². The number of likely N-dealkylation sites (N-methyl/N-ethyl adjacent to an activating group) is 1. The molecule has 1 aromatic heterocycles. The lowest BCUT2D eigenvalue weighted by Crippen LogP contribution is -2.42.